The first kappa shape index (κ1) is 16.8. The van der Waals surface area contributed by atoms with Gasteiger partial charge in [-0.25, -0.2) is 0 Å². The van der Waals surface area contributed by atoms with Gasteiger partial charge >= 0.3 is 0 Å². The minimum Gasteiger partial charge on any atom is -0.310 e. The zero-order valence-electron chi connectivity index (χ0n) is 12.2. The van der Waals surface area contributed by atoms with Gasteiger partial charge in [-0.1, -0.05) is 62.9 Å². The van der Waals surface area contributed by atoms with Crippen molar-refractivity contribution in [3.63, 3.8) is 0 Å². The van der Waals surface area contributed by atoms with Crippen LogP contribution in [-0.4, -0.2) is 6.54 Å². The molecule has 19 heavy (non-hydrogen) atoms. The zero-order chi connectivity index (χ0) is 14.3. The summed E-state index contributed by atoms with van der Waals surface area (Å²) in [6, 6.07) is 6.14. The van der Waals surface area contributed by atoms with Crippen molar-refractivity contribution in [1.82, 2.24) is 5.32 Å². The zero-order valence-corrected chi connectivity index (χ0v) is 13.7. The van der Waals surface area contributed by atoms with E-state index < -0.39 is 0 Å². The van der Waals surface area contributed by atoms with Gasteiger partial charge in [-0.3, -0.25) is 0 Å². The highest BCUT2D eigenvalue weighted by Gasteiger charge is 2.14. The van der Waals surface area contributed by atoms with Gasteiger partial charge < -0.3 is 5.32 Å². The van der Waals surface area contributed by atoms with Crippen molar-refractivity contribution in [3.8, 4) is 0 Å². The van der Waals surface area contributed by atoms with Gasteiger partial charge in [0.2, 0.25) is 0 Å². The van der Waals surface area contributed by atoms with Gasteiger partial charge in [0.1, 0.15) is 0 Å². The molecule has 3 heteroatoms. The van der Waals surface area contributed by atoms with Gasteiger partial charge in [0.25, 0.3) is 0 Å². The Balaban J connectivity index is 2.71. The number of nitrogens with one attached hydrogen (secondary N) is 1. The lowest BCUT2D eigenvalue weighted by Crippen LogP contribution is -2.22. The molecular weight excluding hydrogens is 277 g/mol. The summed E-state index contributed by atoms with van der Waals surface area (Å²) < 4.78 is 0. The van der Waals surface area contributed by atoms with Crippen LogP contribution in [0.3, 0.4) is 0 Å². The molecule has 0 saturated heterocycles. The second-order valence-electron chi connectivity index (χ2n) is 5.50. The highest BCUT2D eigenvalue weighted by Crippen LogP contribution is 2.29. The van der Waals surface area contributed by atoms with E-state index in [2.05, 4.69) is 26.1 Å². The van der Waals surface area contributed by atoms with E-state index in [4.69, 9.17) is 23.2 Å². The minimum absolute atomic E-state index is 0.337. The molecule has 0 saturated carbocycles. The van der Waals surface area contributed by atoms with E-state index in [0.29, 0.717) is 11.1 Å². The first-order valence-electron chi connectivity index (χ1n) is 7.23. The normalized spacial score (nSPS) is 12.9. The standard InChI is InChI=1S/C16H25Cl2N/c1-4-10-19-16(7-5-6-12(2)3)14-9-8-13(17)11-15(14)18/h8-9,11-12,16,19H,4-7,10H2,1-3H3. The molecule has 1 aromatic rings. The molecule has 0 amide bonds. The summed E-state index contributed by atoms with van der Waals surface area (Å²) in [5.74, 6) is 0.757. The number of rotatable bonds is 8. The van der Waals surface area contributed by atoms with Gasteiger partial charge in [0, 0.05) is 16.1 Å². The molecule has 108 valence electrons. The molecule has 1 atom stereocenters. The Morgan fingerprint density at radius 1 is 1.16 bits per heavy atom. The Bertz CT molecular complexity index is 377. The SMILES string of the molecule is CCCNC(CCCC(C)C)c1ccc(Cl)cc1Cl. The summed E-state index contributed by atoms with van der Waals surface area (Å²) in [6.45, 7) is 7.74. The number of hydrogen-bond donors (Lipinski definition) is 1. The van der Waals surface area contributed by atoms with Gasteiger partial charge in [-0.2, -0.15) is 0 Å². The predicted octanol–water partition coefficient (Wildman–Crippen LogP) is 5.86. The van der Waals surface area contributed by atoms with Crippen LogP contribution in [0.4, 0.5) is 0 Å². The Kier molecular flexibility index (Phi) is 7.82. The quantitative estimate of drug-likeness (QED) is 0.634. The van der Waals surface area contributed by atoms with Crippen molar-refractivity contribution < 1.29 is 0 Å². The molecule has 1 aromatic carbocycles. The highest BCUT2D eigenvalue weighted by molar-refractivity contribution is 6.35. The minimum atomic E-state index is 0.337. The number of halogens is 2. The third-order valence-electron chi connectivity index (χ3n) is 3.25. The van der Waals surface area contributed by atoms with Gasteiger partial charge in [0.15, 0.2) is 0 Å². The summed E-state index contributed by atoms with van der Waals surface area (Å²) in [5, 5.41) is 5.06. The van der Waals surface area contributed by atoms with Crippen LogP contribution in [0.15, 0.2) is 18.2 Å². The third kappa shape index (κ3) is 6.16. The third-order valence-corrected chi connectivity index (χ3v) is 3.82. The van der Waals surface area contributed by atoms with Crippen LogP contribution in [0.1, 0.15) is 58.1 Å². The summed E-state index contributed by atoms with van der Waals surface area (Å²) in [4.78, 5) is 0. The topological polar surface area (TPSA) is 12.0 Å². The fourth-order valence-corrected chi connectivity index (χ4v) is 2.74. The Morgan fingerprint density at radius 3 is 2.47 bits per heavy atom. The fraction of sp³-hybridized carbons (Fsp3) is 0.625. The average molecular weight is 302 g/mol. The summed E-state index contributed by atoms with van der Waals surface area (Å²) in [7, 11) is 0. The van der Waals surface area contributed by atoms with Gasteiger partial charge in [0.05, 0.1) is 0 Å². The molecule has 0 aromatic heterocycles. The molecule has 0 radical (unpaired) electrons. The molecule has 0 bridgehead atoms. The Morgan fingerprint density at radius 2 is 1.89 bits per heavy atom. The van der Waals surface area contributed by atoms with Gasteiger partial charge in [-0.05, 0) is 43.0 Å². The lowest BCUT2D eigenvalue weighted by molar-refractivity contribution is 0.448. The summed E-state index contributed by atoms with van der Waals surface area (Å²) in [5.41, 5.74) is 1.17. The van der Waals surface area contributed by atoms with Crippen LogP contribution in [0.2, 0.25) is 10.0 Å². The van der Waals surface area contributed by atoms with Crippen molar-refractivity contribution >= 4 is 23.2 Å². The summed E-state index contributed by atoms with van der Waals surface area (Å²) in [6.07, 6.45) is 4.74. The molecule has 0 aliphatic rings. The summed E-state index contributed by atoms with van der Waals surface area (Å²) >= 11 is 12.3. The maximum atomic E-state index is 6.32. The molecule has 1 unspecified atom stereocenters. The van der Waals surface area contributed by atoms with Crippen LogP contribution in [0, 0.1) is 5.92 Å². The fourth-order valence-electron chi connectivity index (χ4n) is 2.20. The molecule has 1 rings (SSSR count). The predicted molar refractivity (Wildman–Crippen MR) is 86.2 cm³/mol. The van der Waals surface area contributed by atoms with E-state index in [-0.39, 0.29) is 0 Å². The average Bonchev–Trinajstić information content (AvgIpc) is 2.34. The molecule has 0 fully saturated rings. The van der Waals surface area contributed by atoms with E-state index in [1.165, 1.54) is 18.4 Å². The van der Waals surface area contributed by atoms with Crippen molar-refractivity contribution in [1.29, 1.82) is 0 Å². The monoisotopic (exact) mass is 301 g/mol. The van der Waals surface area contributed by atoms with Crippen molar-refractivity contribution in [2.45, 2.75) is 52.5 Å². The second-order valence-corrected chi connectivity index (χ2v) is 6.34. The highest BCUT2D eigenvalue weighted by atomic mass is 35.5. The van der Waals surface area contributed by atoms with Crippen LogP contribution in [-0.2, 0) is 0 Å². The van der Waals surface area contributed by atoms with Crippen LogP contribution in [0.5, 0.6) is 0 Å². The van der Waals surface area contributed by atoms with E-state index in [1.54, 1.807) is 0 Å². The second kappa shape index (κ2) is 8.84. The first-order valence-corrected chi connectivity index (χ1v) is 7.98. The molecule has 0 spiro atoms. The Hall–Kier alpha value is -0.240. The molecule has 0 aliphatic heterocycles. The van der Waals surface area contributed by atoms with Crippen molar-refractivity contribution in [2.24, 2.45) is 5.92 Å². The molecule has 0 aliphatic carbocycles. The lowest BCUT2D eigenvalue weighted by Gasteiger charge is -2.21. The smallest absolute Gasteiger partial charge is 0.0468 e. The van der Waals surface area contributed by atoms with E-state index in [0.717, 1.165) is 30.3 Å². The van der Waals surface area contributed by atoms with Crippen molar-refractivity contribution in [3.05, 3.63) is 33.8 Å². The van der Waals surface area contributed by atoms with E-state index in [9.17, 15) is 0 Å². The van der Waals surface area contributed by atoms with Crippen molar-refractivity contribution in [2.75, 3.05) is 6.54 Å². The maximum Gasteiger partial charge on any atom is 0.0468 e. The van der Waals surface area contributed by atoms with E-state index in [1.807, 2.05) is 18.2 Å². The van der Waals surface area contributed by atoms with Crippen LogP contribution >= 0.6 is 23.2 Å². The number of hydrogen-bond acceptors (Lipinski definition) is 1. The van der Waals surface area contributed by atoms with Crippen LogP contribution in [0.25, 0.3) is 0 Å². The van der Waals surface area contributed by atoms with E-state index >= 15 is 0 Å². The lowest BCUT2D eigenvalue weighted by atomic mass is 9.98. The number of benzene rings is 1. The van der Waals surface area contributed by atoms with Gasteiger partial charge in [-0.15, -0.1) is 0 Å². The molecule has 1 nitrogen and oxygen atoms in total. The maximum absolute atomic E-state index is 6.32. The molecule has 1 N–H and O–H groups in total. The Labute approximate surface area is 127 Å². The molecular formula is C16H25Cl2N. The first-order chi connectivity index (χ1) is 9.04. The molecule has 0 heterocycles. The largest absolute Gasteiger partial charge is 0.310 e. The van der Waals surface area contributed by atoms with Crippen LogP contribution < -0.4 is 5.32 Å².